The van der Waals surface area contributed by atoms with Gasteiger partial charge in [-0.05, 0) is 61.6 Å². The summed E-state index contributed by atoms with van der Waals surface area (Å²) in [6.07, 6.45) is 5.77. The highest BCUT2D eigenvalue weighted by Crippen LogP contribution is 2.41. The van der Waals surface area contributed by atoms with Crippen LogP contribution in [0.4, 0.5) is 11.4 Å². The summed E-state index contributed by atoms with van der Waals surface area (Å²) >= 11 is 0. The molecule has 0 fully saturated rings. The van der Waals surface area contributed by atoms with Crippen molar-refractivity contribution in [3.8, 4) is 5.75 Å². The largest absolute Gasteiger partial charge is 0.507 e. The highest BCUT2D eigenvalue weighted by atomic mass is 16.4. The number of phenols is 1. The van der Waals surface area contributed by atoms with Gasteiger partial charge in [0.1, 0.15) is 5.75 Å². The lowest BCUT2D eigenvalue weighted by Crippen LogP contribution is -2.34. The molecule has 0 unspecified atom stereocenters. The second-order valence-electron chi connectivity index (χ2n) is 6.75. The van der Waals surface area contributed by atoms with Gasteiger partial charge in [-0.25, -0.2) is 4.79 Å². The summed E-state index contributed by atoms with van der Waals surface area (Å²) in [6, 6.07) is 8.40. The Bertz CT molecular complexity index is 873. The predicted octanol–water partition coefficient (Wildman–Crippen LogP) is 3.24. The number of aromatic carboxylic acids is 1. The third-order valence-corrected chi connectivity index (χ3v) is 5.05. The standard InChI is InChI=1S/C20H21N3O3/c24-19-15(12-21-22-16-7-5-13(6-8-16)20(25)26)11-14-3-1-9-23-10-2-4-17(19)18(14)23/h5-8,11-12,22,24H,1-4,9-10H2,(H,25,26). The smallest absolute Gasteiger partial charge is 0.335 e. The van der Waals surface area contributed by atoms with Gasteiger partial charge in [-0.1, -0.05) is 0 Å². The van der Waals surface area contributed by atoms with Gasteiger partial charge in [0.05, 0.1) is 17.5 Å². The summed E-state index contributed by atoms with van der Waals surface area (Å²) in [5.74, 6) is -0.635. The molecule has 6 heteroatoms. The van der Waals surface area contributed by atoms with E-state index < -0.39 is 5.97 Å². The zero-order chi connectivity index (χ0) is 18.1. The fourth-order valence-corrected chi connectivity index (χ4v) is 3.83. The van der Waals surface area contributed by atoms with E-state index in [2.05, 4.69) is 15.4 Å². The van der Waals surface area contributed by atoms with Crippen LogP contribution in [0, 0.1) is 0 Å². The Morgan fingerprint density at radius 3 is 2.62 bits per heavy atom. The molecule has 0 bridgehead atoms. The second-order valence-corrected chi connectivity index (χ2v) is 6.75. The van der Waals surface area contributed by atoms with Crippen LogP contribution >= 0.6 is 0 Å². The minimum atomic E-state index is -0.956. The van der Waals surface area contributed by atoms with Crippen LogP contribution < -0.4 is 10.3 Å². The zero-order valence-electron chi connectivity index (χ0n) is 14.4. The summed E-state index contributed by atoms with van der Waals surface area (Å²) in [7, 11) is 0. The summed E-state index contributed by atoms with van der Waals surface area (Å²) < 4.78 is 0. The first-order chi connectivity index (χ1) is 12.6. The maximum atomic E-state index is 10.9. The average Bonchev–Trinajstić information content (AvgIpc) is 2.66. The van der Waals surface area contributed by atoms with Crippen molar-refractivity contribution >= 4 is 23.6 Å². The van der Waals surface area contributed by atoms with Crippen molar-refractivity contribution in [3.05, 3.63) is 52.6 Å². The maximum absolute atomic E-state index is 10.9. The van der Waals surface area contributed by atoms with Crippen molar-refractivity contribution in [2.24, 2.45) is 5.10 Å². The van der Waals surface area contributed by atoms with Gasteiger partial charge < -0.3 is 15.1 Å². The number of carbonyl (C=O) groups is 1. The van der Waals surface area contributed by atoms with E-state index in [0.29, 0.717) is 11.4 Å². The van der Waals surface area contributed by atoms with Crippen LogP contribution in [0.2, 0.25) is 0 Å². The topological polar surface area (TPSA) is 85.2 Å². The molecule has 3 N–H and O–H groups in total. The van der Waals surface area contributed by atoms with Crippen molar-refractivity contribution in [1.82, 2.24) is 0 Å². The molecule has 2 aliphatic rings. The highest BCUT2D eigenvalue weighted by molar-refractivity contribution is 5.89. The Morgan fingerprint density at radius 2 is 1.88 bits per heavy atom. The van der Waals surface area contributed by atoms with E-state index in [1.807, 2.05) is 6.07 Å². The molecule has 0 saturated carbocycles. The molecule has 2 aromatic rings. The molecule has 2 aromatic carbocycles. The molecule has 0 saturated heterocycles. The number of hydrogen-bond acceptors (Lipinski definition) is 5. The molecule has 0 aliphatic carbocycles. The predicted molar refractivity (Wildman–Crippen MR) is 102 cm³/mol. The van der Waals surface area contributed by atoms with Gasteiger partial charge in [0, 0.05) is 29.9 Å². The number of carboxylic acid groups (broad SMARTS) is 1. The quantitative estimate of drug-likeness (QED) is 0.582. The number of nitrogens with one attached hydrogen (secondary N) is 1. The molecule has 0 aromatic heterocycles. The molecule has 2 aliphatic heterocycles. The first kappa shape index (κ1) is 16.4. The minimum Gasteiger partial charge on any atom is -0.507 e. The number of aryl methyl sites for hydroxylation is 1. The third kappa shape index (κ3) is 2.98. The molecule has 0 atom stereocenters. The molecule has 134 valence electrons. The number of phenolic OH excluding ortho intramolecular Hbond substituents is 1. The second kappa shape index (κ2) is 6.71. The maximum Gasteiger partial charge on any atom is 0.335 e. The van der Waals surface area contributed by atoms with Crippen LogP contribution in [0.15, 0.2) is 35.4 Å². The van der Waals surface area contributed by atoms with Crippen LogP contribution in [0.25, 0.3) is 0 Å². The number of rotatable bonds is 4. The Kier molecular flexibility index (Phi) is 4.24. The molecule has 0 spiro atoms. The third-order valence-electron chi connectivity index (χ3n) is 5.05. The lowest BCUT2D eigenvalue weighted by atomic mass is 9.89. The van der Waals surface area contributed by atoms with Gasteiger partial charge in [-0.3, -0.25) is 5.43 Å². The number of anilines is 2. The molecule has 6 nitrogen and oxygen atoms in total. The Hall–Kier alpha value is -3.02. The first-order valence-corrected chi connectivity index (χ1v) is 8.88. The van der Waals surface area contributed by atoms with Gasteiger partial charge >= 0.3 is 5.97 Å². The monoisotopic (exact) mass is 351 g/mol. The molecular weight excluding hydrogens is 330 g/mol. The summed E-state index contributed by atoms with van der Waals surface area (Å²) in [4.78, 5) is 13.3. The minimum absolute atomic E-state index is 0.232. The van der Waals surface area contributed by atoms with Crippen LogP contribution in [-0.2, 0) is 12.8 Å². The average molecular weight is 351 g/mol. The first-order valence-electron chi connectivity index (χ1n) is 8.88. The SMILES string of the molecule is O=C(O)c1ccc(NN=Cc2cc3c4c(c2O)CCCN4CCC3)cc1. The van der Waals surface area contributed by atoms with Crippen LogP contribution in [0.1, 0.15) is 39.9 Å². The molecule has 0 radical (unpaired) electrons. The van der Waals surface area contributed by atoms with E-state index in [9.17, 15) is 9.90 Å². The lowest BCUT2D eigenvalue weighted by Gasteiger charge is -2.37. The molecule has 26 heavy (non-hydrogen) atoms. The van der Waals surface area contributed by atoms with E-state index in [1.54, 1.807) is 18.3 Å². The van der Waals surface area contributed by atoms with E-state index in [4.69, 9.17) is 5.11 Å². The van der Waals surface area contributed by atoms with E-state index in [-0.39, 0.29) is 5.56 Å². The van der Waals surface area contributed by atoms with Gasteiger partial charge in [0.2, 0.25) is 0 Å². The zero-order valence-corrected chi connectivity index (χ0v) is 14.4. The van der Waals surface area contributed by atoms with Crippen LogP contribution in [-0.4, -0.2) is 35.5 Å². The van der Waals surface area contributed by atoms with Crippen LogP contribution in [0.5, 0.6) is 5.75 Å². The van der Waals surface area contributed by atoms with Gasteiger partial charge in [-0.15, -0.1) is 0 Å². The van der Waals surface area contributed by atoms with Crippen molar-refractivity contribution in [1.29, 1.82) is 0 Å². The fourth-order valence-electron chi connectivity index (χ4n) is 3.83. The Labute approximate surface area is 151 Å². The lowest BCUT2D eigenvalue weighted by molar-refractivity contribution is 0.0697. The molecule has 2 heterocycles. The normalized spacial score (nSPS) is 15.8. The number of benzene rings is 2. The van der Waals surface area contributed by atoms with Crippen molar-refractivity contribution in [3.63, 3.8) is 0 Å². The van der Waals surface area contributed by atoms with E-state index >= 15 is 0 Å². The summed E-state index contributed by atoms with van der Waals surface area (Å²) in [6.45, 7) is 2.14. The fraction of sp³-hybridized carbons (Fsp3) is 0.300. The summed E-state index contributed by atoms with van der Waals surface area (Å²) in [5.41, 5.74) is 8.09. The van der Waals surface area contributed by atoms with Crippen LogP contribution in [0.3, 0.4) is 0 Å². The van der Waals surface area contributed by atoms with Gasteiger partial charge in [0.15, 0.2) is 0 Å². The van der Waals surface area contributed by atoms with Gasteiger partial charge in [0.25, 0.3) is 0 Å². The number of aromatic hydroxyl groups is 1. The van der Waals surface area contributed by atoms with Crippen molar-refractivity contribution < 1.29 is 15.0 Å². The number of carboxylic acids is 1. The molecule has 0 amide bonds. The Balaban J connectivity index is 1.56. The number of nitrogens with zero attached hydrogens (tertiary/aromatic N) is 2. The van der Waals surface area contributed by atoms with Crippen molar-refractivity contribution in [2.75, 3.05) is 23.4 Å². The Morgan fingerprint density at radius 1 is 1.15 bits per heavy atom. The number of hydrogen-bond donors (Lipinski definition) is 3. The molecule has 4 rings (SSSR count). The summed E-state index contributed by atoms with van der Waals surface area (Å²) in [5, 5.41) is 23.8. The highest BCUT2D eigenvalue weighted by Gasteiger charge is 2.27. The van der Waals surface area contributed by atoms with Crippen molar-refractivity contribution in [2.45, 2.75) is 25.7 Å². The van der Waals surface area contributed by atoms with E-state index in [1.165, 1.54) is 23.4 Å². The molecular formula is C20H21N3O3. The van der Waals surface area contributed by atoms with E-state index in [0.717, 1.165) is 49.9 Å². The van der Waals surface area contributed by atoms with Gasteiger partial charge in [-0.2, -0.15) is 5.10 Å². The number of hydrazone groups is 1.